The maximum atomic E-state index is 12.3. The summed E-state index contributed by atoms with van der Waals surface area (Å²) in [6.07, 6.45) is 0.133. The number of anilines is 1. The second kappa shape index (κ2) is 7.36. The minimum absolute atomic E-state index is 0.133. The Morgan fingerprint density at radius 2 is 2.12 bits per heavy atom. The third-order valence-electron chi connectivity index (χ3n) is 4.05. The molecule has 7 heteroatoms. The number of carbonyl (C=O) groups is 2. The van der Waals surface area contributed by atoms with E-state index >= 15 is 0 Å². The Balaban J connectivity index is 1.57. The summed E-state index contributed by atoms with van der Waals surface area (Å²) >= 11 is 1.38. The highest BCUT2D eigenvalue weighted by atomic mass is 32.2. The molecule has 1 aromatic rings. The highest BCUT2D eigenvalue weighted by molar-refractivity contribution is 8.15. The summed E-state index contributed by atoms with van der Waals surface area (Å²) in [5.41, 5.74) is 2.88. The topological polar surface area (TPSA) is 71.0 Å². The fourth-order valence-corrected chi connectivity index (χ4v) is 3.76. The molecule has 0 bridgehead atoms. The van der Waals surface area contributed by atoms with E-state index in [1.54, 1.807) is 0 Å². The van der Waals surface area contributed by atoms with Gasteiger partial charge in [-0.25, -0.2) is 0 Å². The molecule has 1 aromatic carbocycles. The number of aryl methyl sites for hydroxylation is 2. The van der Waals surface area contributed by atoms with Crippen LogP contribution >= 0.6 is 11.8 Å². The van der Waals surface area contributed by atoms with Crippen molar-refractivity contribution >= 4 is 34.4 Å². The largest absolute Gasteiger partial charge is 0.378 e. The Kier molecular flexibility index (Phi) is 5.20. The lowest BCUT2D eigenvalue weighted by molar-refractivity contribution is -0.121. The molecule has 6 nitrogen and oxygen atoms in total. The number of nitrogens with zero attached hydrogens (tertiary/aromatic N) is 2. The average molecular weight is 347 g/mol. The number of benzene rings is 1. The summed E-state index contributed by atoms with van der Waals surface area (Å²) < 4.78 is 5.31. The Morgan fingerprint density at radius 3 is 2.88 bits per heavy atom. The first-order valence-electron chi connectivity index (χ1n) is 8.02. The molecular weight excluding hydrogens is 326 g/mol. The zero-order valence-electron chi connectivity index (χ0n) is 13.9. The number of hydrogen-bond donors (Lipinski definition) is 1. The summed E-state index contributed by atoms with van der Waals surface area (Å²) in [6.45, 7) is 6.69. The van der Waals surface area contributed by atoms with Crippen molar-refractivity contribution in [2.24, 2.45) is 4.99 Å². The van der Waals surface area contributed by atoms with Crippen LogP contribution in [-0.2, 0) is 14.3 Å². The van der Waals surface area contributed by atoms with Gasteiger partial charge in [0.1, 0.15) is 5.25 Å². The predicted octanol–water partition coefficient (Wildman–Crippen LogP) is 1.96. The Bertz CT molecular complexity index is 684. The predicted molar refractivity (Wildman–Crippen MR) is 95.4 cm³/mol. The maximum absolute atomic E-state index is 12.3. The van der Waals surface area contributed by atoms with Gasteiger partial charge in [-0.1, -0.05) is 23.9 Å². The molecular formula is C17H21N3O3S. The van der Waals surface area contributed by atoms with Gasteiger partial charge in [0.05, 0.1) is 13.2 Å². The Labute approximate surface area is 145 Å². The molecule has 1 N–H and O–H groups in total. The lowest BCUT2D eigenvalue weighted by Crippen LogP contribution is -2.39. The van der Waals surface area contributed by atoms with Gasteiger partial charge in [-0.05, 0) is 31.0 Å². The van der Waals surface area contributed by atoms with Crippen molar-refractivity contribution in [2.45, 2.75) is 25.5 Å². The molecule has 0 unspecified atom stereocenters. The number of thioether (sulfide) groups is 1. The van der Waals surface area contributed by atoms with E-state index in [4.69, 9.17) is 4.74 Å². The number of amidine groups is 1. The maximum Gasteiger partial charge on any atom is 0.262 e. The van der Waals surface area contributed by atoms with Crippen molar-refractivity contribution in [3.63, 3.8) is 0 Å². The van der Waals surface area contributed by atoms with E-state index in [1.165, 1.54) is 11.8 Å². The van der Waals surface area contributed by atoms with Crippen LogP contribution in [0, 0.1) is 13.8 Å². The van der Waals surface area contributed by atoms with Gasteiger partial charge in [0.15, 0.2) is 5.17 Å². The van der Waals surface area contributed by atoms with Gasteiger partial charge in [-0.15, -0.1) is 0 Å². The Morgan fingerprint density at radius 1 is 1.38 bits per heavy atom. The van der Waals surface area contributed by atoms with Gasteiger partial charge in [0.25, 0.3) is 5.91 Å². The van der Waals surface area contributed by atoms with Crippen LogP contribution in [0.4, 0.5) is 5.69 Å². The molecule has 0 aliphatic carbocycles. The highest BCUT2D eigenvalue weighted by Gasteiger charge is 2.33. The molecule has 1 saturated heterocycles. The lowest BCUT2D eigenvalue weighted by Gasteiger charge is -2.27. The zero-order valence-corrected chi connectivity index (χ0v) is 14.7. The van der Waals surface area contributed by atoms with Crippen LogP contribution in [0.1, 0.15) is 17.5 Å². The molecule has 0 aromatic heterocycles. The summed E-state index contributed by atoms with van der Waals surface area (Å²) in [5.74, 6) is -0.384. The second-order valence-corrected chi connectivity index (χ2v) is 7.18. The van der Waals surface area contributed by atoms with Gasteiger partial charge in [0.2, 0.25) is 5.91 Å². The van der Waals surface area contributed by atoms with Gasteiger partial charge >= 0.3 is 0 Å². The molecule has 1 fully saturated rings. The first-order chi connectivity index (χ1) is 11.5. The molecule has 3 rings (SSSR count). The van der Waals surface area contributed by atoms with Gasteiger partial charge in [-0.3, -0.25) is 9.59 Å². The highest BCUT2D eigenvalue weighted by Crippen LogP contribution is 2.28. The number of rotatable bonds is 3. The van der Waals surface area contributed by atoms with Crippen LogP contribution in [0.5, 0.6) is 0 Å². The number of ether oxygens (including phenoxy) is 1. The van der Waals surface area contributed by atoms with Crippen LogP contribution in [0.25, 0.3) is 0 Å². The lowest BCUT2D eigenvalue weighted by atomic mass is 10.1. The normalized spacial score (nSPS) is 20.9. The van der Waals surface area contributed by atoms with Crippen molar-refractivity contribution in [3.8, 4) is 0 Å². The molecule has 0 saturated carbocycles. The van der Waals surface area contributed by atoms with Crippen LogP contribution in [0.3, 0.4) is 0 Å². The van der Waals surface area contributed by atoms with Crippen molar-refractivity contribution in [2.75, 3.05) is 31.6 Å². The first kappa shape index (κ1) is 17.0. The van der Waals surface area contributed by atoms with Crippen LogP contribution in [-0.4, -0.2) is 53.4 Å². The molecule has 2 aliphatic rings. The monoisotopic (exact) mass is 347 g/mol. The van der Waals surface area contributed by atoms with E-state index in [0.29, 0.717) is 18.4 Å². The molecule has 24 heavy (non-hydrogen) atoms. The number of morpholine rings is 1. The summed E-state index contributed by atoms with van der Waals surface area (Å²) in [6, 6.07) is 5.91. The van der Waals surface area contributed by atoms with Crippen molar-refractivity contribution in [3.05, 3.63) is 29.3 Å². The molecule has 1 atom stereocenters. The molecule has 2 aliphatic heterocycles. The van der Waals surface area contributed by atoms with Crippen LogP contribution in [0.2, 0.25) is 0 Å². The van der Waals surface area contributed by atoms with E-state index in [1.807, 2.05) is 32.0 Å². The smallest absolute Gasteiger partial charge is 0.262 e. The minimum Gasteiger partial charge on any atom is -0.378 e. The number of hydrogen-bond acceptors (Lipinski definition) is 5. The van der Waals surface area contributed by atoms with Crippen LogP contribution < -0.4 is 5.32 Å². The Hall–Kier alpha value is -1.86. The fraction of sp³-hybridized carbons (Fsp3) is 0.471. The van der Waals surface area contributed by atoms with E-state index in [2.05, 4.69) is 15.2 Å². The van der Waals surface area contributed by atoms with Crippen LogP contribution in [0.15, 0.2) is 23.2 Å². The van der Waals surface area contributed by atoms with E-state index in [9.17, 15) is 9.59 Å². The summed E-state index contributed by atoms with van der Waals surface area (Å²) in [4.78, 5) is 30.6. The number of nitrogens with one attached hydrogen (secondary N) is 1. The van der Waals surface area contributed by atoms with E-state index in [0.717, 1.165) is 29.9 Å². The number of amides is 2. The first-order valence-corrected chi connectivity index (χ1v) is 8.90. The van der Waals surface area contributed by atoms with Gasteiger partial charge in [0, 0.05) is 25.2 Å². The third-order valence-corrected chi connectivity index (χ3v) is 5.26. The van der Waals surface area contributed by atoms with Crippen molar-refractivity contribution in [1.82, 2.24) is 4.90 Å². The quantitative estimate of drug-likeness (QED) is 0.905. The summed E-state index contributed by atoms with van der Waals surface area (Å²) in [5, 5.41) is 3.18. The molecule has 0 radical (unpaired) electrons. The SMILES string of the molecule is Cc1ccc(C)c(NC(=O)C[C@@H]2SC(N3CCOCC3)=NC2=O)c1. The average Bonchev–Trinajstić information content (AvgIpc) is 2.92. The van der Waals surface area contributed by atoms with Crippen molar-refractivity contribution < 1.29 is 14.3 Å². The molecule has 2 amide bonds. The fourth-order valence-electron chi connectivity index (χ4n) is 2.64. The molecule has 0 spiro atoms. The van der Waals surface area contributed by atoms with E-state index < -0.39 is 5.25 Å². The number of aliphatic imine (C=N–C) groups is 1. The standard InChI is InChI=1S/C17H21N3O3S/c1-11-3-4-12(2)13(9-11)18-15(21)10-14-16(22)19-17(24-14)20-5-7-23-8-6-20/h3-4,9,14H,5-8,10H2,1-2H3,(H,18,21)/t14-/m0/s1. The van der Waals surface area contributed by atoms with Gasteiger partial charge in [-0.2, -0.15) is 4.99 Å². The third kappa shape index (κ3) is 3.96. The van der Waals surface area contributed by atoms with Gasteiger partial charge < -0.3 is 15.0 Å². The zero-order chi connectivity index (χ0) is 17.1. The number of carbonyl (C=O) groups excluding carboxylic acids is 2. The van der Waals surface area contributed by atoms with Crippen molar-refractivity contribution in [1.29, 1.82) is 0 Å². The summed E-state index contributed by atoms with van der Waals surface area (Å²) in [7, 11) is 0. The minimum atomic E-state index is -0.437. The molecule has 128 valence electrons. The second-order valence-electron chi connectivity index (χ2n) is 6.01. The van der Waals surface area contributed by atoms with E-state index in [-0.39, 0.29) is 18.2 Å². The molecule has 2 heterocycles.